The standard InChI is InChI=1S/C15H18N2O2S/c1-2-10-7-8-17(12(9-10)14(18)19)15-16-11-5-3-4-6-13(11)20-15/h3-6,10,12H,2,7-9H2,1H3,(H,18,19). The van der Waals surface area contributed by atoms with Gasteiger partial charge in [-0.3, -0.25) is 0 Å². The van der Waals surface area contributed by atoms with Crippen LogP contribution < -0.4 is 4.90 Å². The smallest absolute Gasteiger partial charge is 0.326 e. The summed E-state index contributed by atoms with van der Waals surface area (Å²) in [5, 5.41) is 10.3. The third kappa shape index (κ3) is 2.38. The molecule has 1 N–H and O–H groups in total. The topological polar surface area (TPSA) is 53.4 Å². The summed E-state index contributed by atoms with van der Waals surface area (Å²) in [4.78, 5) is 18.1. The Balaban J connectivity index is 1.92. The van der Waals surface area contributed by atoms with Crippen molar-refractivity contribution in [2.24, 2.45) is 5.92 Å². The van der Waals surface area contributed by atoms with E-state index in [0.717, 1.165) is 41.2 Å². The Hall–Kier alpha value is -1.62. The lowest BCUT2D eigenvalue weighted by Crippen LogP contribution is -2.47. The third-order valence-corrected chi connectivity index (χ3v) is 5.18. The van der Waals surface area contributed by atoms with Crippen molar-refractivity contribution in [3.63, 3.8) is 0 Å². The molecule has 2 unspecified atom stereocenters. The highest BCUT2D eigenvalue weighted by molar-refractivity contribution is 7.22. The van der Waals surface area contributed by atoms with Crippen molar-refractivity contribution in [2.45, 2.75) is 32.2 Å². The number of carbonyl (C=O) groups is 1. The van der Waals surface area contributed by atoms with Crippen LogP contribution in [0.3, 0.4) is 0 Å². The van der Waals surface area contributed by atoms with Gasteiger partial charge in [0.2, 0.25) is 0 Å². The number of carboxylic acids is 1. The van der Waals surface area contributed by atoms with Crippen LogP contribution in [-0.2, 0) is 4.79 Å². The first-order chi connectivity index (χ1) is 9.69. The van der Waals surface area contributed by atoms with Gasteiger partial charge in [-0.1, -0.05) is 36.8 Å². The second kappa shape index (κ2) is 5.40. The van der Waals surface area contributed by atoms with Gasteiger partial charge in [0.15, 0.2) is 5.13 Å². The van der Waals surface area contributed by atoms with Crippen LogP contribution >= 0.6 is 11.3 Å². The van der Waals surface area contributed by atoms with Crippen molar-refractivity contribution in [3.05, 3.63) is 24.3 Å². The molecule has 0 spiro atoms. The Morgan fingerprint density at radius 3 is 3.00 bits per heavy atom. The van der Waals surface area contributed by atoms with Gasteiger partial charge in [-0.2, -0.15) is 0 Å². The third-order valence-electron chi connectivity index (χ3n) is 4.10. The average molecular weight is 290 g/mol. The molecule has 0 radical (unpaired) electrons. The summed E-state index contributed by atoms with van der Waals surface area (Å²) < 4.78 is 1.12. The quantitative estimate of drug-likeness (QED) is 0.941. The minimum Gasteiger partial charge on any atom is -0.480 e. The number of carboxylic acid groups (broad SMARTS) is 1. The van der Waals surface area contributed by atoms with Crippen molar-refractivity contribution < 1.29 is 9.90 Å². The first-order valence-electron chi connectivity index (χ1n) is 7.04. The molecule has 0 bridgehead atoms. The van der Waals surface area contributed by atoms with E-state index in [-0.39, 0.29) is 0 Å². The fourth-order valence-corrected chi connectivity index (χ4v) is 3.90. The zero-order chi connectivity index (χ0) is 14.1. The fourth-order valence-electron chi connectivity index (χ4n) is 2.86. The molecule has 3 rings (SSSR count). The predicted octanol–water partition coefficient (Wildman–Crippen LogP) is 3.38. The number of rotatable bonds is 3. The summed E-state index contributed by atoms with van der Waals surface area (Å²) in [7, 11) is 0. The number of piperidine rings is 1. The number of thiazole rings is 1. The van der Waals surface area contributed by atoms with Crippen molar-refractivity contribution in [1.29, 1.82) is 0 Å². The van der Waals surface area contributed by atoms with Gasteiger partial charge in [-0.25, -0.2) is 9.78 Å². The molecule has 2 atom stereocenters. The van der Waals surface area contributed by atoms with Gasteiger partial charge >= 0.3 is 5.97 Å². The zero-order valence-corrected chi connectivity index (χ0v) is 12.3. The number of anilines is 1. The van der Waals surface area contributed by atoms with Gasteiger partial charge in [0, 0.05) is 6.54 Å². The Bertz CT molecular complexity index is 592. The molecule has 0 amide bonds. The lowest BCUT2D eigenvalue weighted by atomic mass is 9.89. The average Bonchev–Trinajstić information content (AvgIpc) is 2.90. The van der Waals surface area contributed by atoms with Crippen molar-refractivity contribution in [3.8, 4) is 0 Å². The van der Waals surface area contributed by atoms with E-state index < -0.39 is 12.0 Å². The molecule has 1 saturated heterocycles. The molecule has 2 aromatic rings. The first kappa shape index (κ1) is 13.4. The van der Waals surface area contributed by atoms with E-state index in [1.807, 2.05) is 29.2 Å². The second-order valence-electron chi connectivity index (χ2n) is 5.31. The number of hydrogen-bond acceptors (Lipinski definition) is 4. The Labute approximate surface area is 122 Å². The Kier molecular flexibility index (Phi) is 3.61. The summed E-state index contributed by atoms with van der Waals surface area (Å²) in [6, 6.07) is 7.52. The van der Waals surface area contributed by atoms with Crippen LogP contribution in [0.4, 0.5) is 5.13 Å². The molecule has 0 saturated carbocycles. The fraction of sp³-hybridized carbons (Fsp3) is 0.467. The molecule has 1 aliphatic heterocycles. The summed E-state index contributed by atoms with van der Waals surface area (Å²) >= 11 is 1.59. The molecule has 1 aromatic carbocycles. The molecule has 0 aliphatic carbocycles. The van der Waals surface area contributed by atoms with Crippen LogP contribution in [0.25, 0.3) is 10.2 Å². The normalized spacial score (nSPS) is 23.1. The van der Waals surface area contributed by atoms with E-state index in [9.17, 15) is 9.90 Å². The summed E-state index contributed by atoms with van der Waals surface area (Å²) in [5.41, 5.74) is 0.953. The predicted molar refractivity (Wildman–Crippen MR) is 81.4 cm³/mol. The minimum absolute atomic E-state index is 0.436. The van der Waals surface area contributed by atoms with Crippen LogP contribution in [0.5, 0.6) is 0 Å². The zero-order valence-electron chi connectivity index (χ0n) is 11.5. The maximum atomic E-state index is 11.5. The van der Waals surface area contributed by atoms with E-state index >= 15 is 0 Å². The van der Waals surface area contributed by atoms with Gasteiger partial charge in [0.1, 0.15) is 6.04 Å². The monoisotopic (exact) mass is 290 g/mol. The lowest BCUT2D eigenvalue weighted by Gasteiger charge is -2.36. The van der Waals surface area contributed by atoms with Gasteiger partial charge in [-0.15, -0.1) is 0 Å². The van der Waals surface area contributed by atoms with Crippen LogP contribution in [0, 0.1) is 5.92 Å². The molecule has 4 nitrogen and oxygen atoms in total. The van der Waals surface area contributed by atoms with Crippen molar-refractivity contribution in [2.75, 3.05) is 11.4 Å². The summed E-state index contributed by atoms with van der Waals surface area (Å²) in [5.74, 6) is -0.218. The van der Waals surface area contributed by atoms with E-state index in [1.165, 1.54) is 0 Å². The van der Waals surface area contributed by atoms with Gasteiger partial charge < -0.3 is 10.0 Å². The number of fused-ring (bicyclic) bond motifs is 1. The Morgan fingerprint density at radius 2 is 2.30 bits per heavy atom. The molecule has 1 fully saturated rings. The molecule has 1 aliphatic rings. The van der Waals surface area contributed by atoms with Gasteiger partial charge in [0.25, 0.3) is 0 Å². The maximum absolute atomic E-state index is 11.5. The summed E-state index contributed by atoms with van der Waals surface area (Å²) in [6.45, 7) is 2.92. The Morgan fingerprint density at radius 1 is 1.50 bits per heavy atom. The van der Waals surface area contributed by atoms with Gasteiger partial charge in [-0.05, 0) is 30.9 Å². The first-order valence-corrected chi connectivity index (χ1v) is 7.85. The van der Waals surface area contributed by atoms with E-state index in [0.29, 0.717) is 5.92 Å². The van der Waals surface area contributed by atoms with Crippen molar-refractivity contribution >= 4 is 32.7 Å². The maximum Gasteiger partial charge on any atom is 0.326 e. The van der Waals surface area contributed by atoms with E-state index in [2.05, 4.69) is 11.9 Å². The van der Waals surface area contributed by atoms with Crippen LogP contribution in [0.15, 0.2) is 24.3 Å². The number of benzene rings is 1. The molecular formula is C15H18N2O2S. The molecule has 20 heavy (non-hydrogen) atoms. The minimum atomic E-state index is -0.734. The number of hydrogen-bond donors (Lipinski definition) is 1. The SMILES string of the molecule is CCC1CCN(c2nc3ccccc3s2)C(C(=O)O)C1. The van der Waals surface area contributed by atoms with Crippen LogP contribution in [0.2, 0.25) is 0 Å². The molecular weight excluding hydrogens is 272 g/mol. The van der Waals surface area contributed by atoms with E-state index in [4.69, 9.17) is 0 Å². The molecule has 106 valence electrons. The molecule has 2 heterocycles. The second-order valence-corrected chi connectivity index (χ2v) is 6.32. The highest BCUT2D eigenvalue weighted by atomic mass is 32.1. The van der Waals surface area contributed by atoms with Crippen molar-refractivity contribution in [1.82, 2.24) is 4.98 Å². The highest BCUT2D eigenvalue weighted by Crippen LogP contribution is 2.34. The van der Waals surface area contributed by atoms with E-state index in [1.54, 1.807) is 11.3 Å². The number of aromatic nitrogens is 1. The molecule has 1 aromatic heterocycles. The summed E-state index contributed by atoms with van der Waals surface area (Å²) in [6.07, 6.45) is 2.83. The highest BCUT2D eigenvalue weighted by Gasteiger charge is 2.34. The van der Waals surface area contributed by atoms with Gasteiger partial charge in [0.05, 0.1) is 10.2 Å². The van der Waals surface area contributed by atoms with Crippen LogP contribution in [-0.4, -0.2) is 28.6 Å². The molecule has 5 heteroatoms. The number of nitrogens with zero attached hydrogens (tertiary/aromatic N) is 2. The largest absolute Gasteiger partial charge is 0.480 e. The van der Waals surface area contributed by atoms with Crippen LogP contribution in [0.1, 0.15) is 26.2 Å². The lowest BCUT2D eigenvalue weighted by molar-refractivity contribution is -0.139. The number of para-hydroxylation sites is 1. The number of aliphatic carboxylic acids is 1.